The Morgan fingerprint density at radius 1 is 1.35 bits per heavy atom. The van der Waals surface area contributed by atoms with Crippen molar-refractivity contribution in [3.8, 4) is 0 Å². The molecule has 2 atom stereocenters. The van der Waals surface area contributed by atoms with Gasteiger partial charge in [-0.3, -0.25) is 9.59 Å². The van der Waals surface area contributed by atoms with Crippen LogP contribution < -0.4 is 0 Å². The lowest BCUT2D eigenvalue weighted by atomic mass is 9.93. The number of carbonyl (C=O) groups excluding carboxylic acids is 2. The standard InChI is InChI=1S/C17H21NO2/c1-11-5-4-8-18(10-11)17(20)14-9-15(19)13-7-3-6-12(2)16(13)14/h3,6-7,11,14H,4-5,8-10H2,1-2H3. The van der Waals surface area contributed by atoms with Crippen LogP contribution in [0.2, 0.25) is 0 Å². The number of fused-ring (bicyclic) bond motifs is 1. The van der Waals surface area contributed by atoms with Gasteiger partial charge in [0.05, 0.1) is 5.92 Å². The monoisotopic (exact) mass is 271 g/mol. The number of Topliss-reactive ketones (excluding diaryl/α,β-unsaturated/α-hetero) is 1. The van der Waals surface area contributed by atoms with E-state index in [0.717, 1.165) is 36.2 Å². The lowest BCUT2D eigenvalue weighted by Gasteiger charge is -2.33. The minimum Gasteiger partial charge on any atom is -0.342 e. The summed E-state index contributed by atoms with van der Waals surface area (Å²) in [6.45, 7) is 5.87. The van der Waals surface area contributed by atoms with Crippen molar-refractivity contribution >= 4 is 11.7 Å². The zero-order valence-corrected chi connectivity index (χ0v) is 12.2. The summed E-state index contributed by atoms with van der Waals surface area (Å²) >= 11 is 0. The van der Waals surface area contributed by atoms with Gasteiger partial charge in [-0.1, -0.05) is 25.1 Å². The molecule has 2 aliphatic rings. The molecule has 0 aromatic heterocycles. The lowest BCUT2D eigenvalue weighted by Crippen LogP contribution is -2.41. The Labute approximate surface area is 120 Å². The highest BCUT2D eigenvalue weighted by Gasteiger charge is 2.38. The second kappa shape index (κ2) is 5.04. The van der Waals surface area contributed by atoms with Crippen LogP contribution in [-0.4, -0.2) is 29.7 Å². The van der Waals surface area contributed by atoms with E-state index >= 15 is 0 Å². The Hall–Kier alpha value is -1.64. The number of ketones is 1. The number of nitrogens with zero attached hydrogens (tertiary/aromatic N) is 1. The molecular formula is C17H21NO2. The van der Waals surface area contributed by atoms with Crippen LogP contribution in [0, 0.1) is 12.8 Å². The average Bonchev–Trinajstić information content (AvgIpc) is 2.77. The SMILES string of the molecule is Cc1cccc2c1C(C(=O)N1CCCC(C)C1)CC2=O. The maximum atomic E-state index is 12.8. The van der Waals surface area contributed by atoms with E-state index in [0.29, 0.717) is 12.3 Å². The molecule has 1 amide bonds. The third-order valence-corrected chi connectivity index (χ3v) is 4.63. The first kappa shape index (κ1) is 13.3. The van der Waals surface area contributed by atoms with Gasteiger partial charge in [-0.05, 0) is 36.8 Å². The van der Waals surface area contributed by atoms with Crippen molar-refractivity contribution in [3.63, 3.8) is 0 Å². The highest BCUT2D eigenvalue weighted by atomic mass is 16.2. The normalized spacial score (nSPS) is 25.7. The molecule has 1 aromatic carbocycles. The molecule has 3 rings (SSSR count). The van der Waals surface area contributed by atoms with E-state index in [1.54, 1.807) is 0 Å². The maximum Gasteiger partial charge on any atom is 0.230 e. The molecule has 1 aliphatic carbocycles. The number of hydrogen-bond donors (Lipinski definition) is 0. The van der Waals surface area contributed by atoms with Crippen LogP contribution in [-0.2, 0) is 4.79 Å². The van der Waals surface area contributed by atoms with Crippen molar-refractivity contribution < 1.29 is 9.59 Å². The molecule has 106 valence electrons. The Morgan fingerprint density at radius 2 is 2.15 bits per heavy atom. The van der Waals surface area contributed by atoms with Crippen molar-refractivity contribution in [3.05, 3.63) is 34.9 Å². The molecule has 20 heavy (non-hydrogen) atoms. The molecule has 1 aliphatic heterocycles. The molecule has 3 nitrogen and oxygen atoms in total. The fraction of sp³-hybridized carbons (Fsp3) is 0.529. The molecule has 1 saturated heterocycles. The van der Waals surface area contributed by atoms with Crippen LogP contribution in [0.15, 0.2) is 18.2 Å². The number of hydrogen-bond acceptors (Lipinski definition) is 2. The summed E-state index contributed by atoms with van der Waals surface area (Å²) in [5.41, 5.74) is 2.80. The molecule has 0 N–H and O–H groups in total. The highest BCUT2D eigenvalue weighted by Crippen LogP contribution is 2.37. The maximum absolute atomic E-state index is 12.8. The van der Waals surface area contributed by atoms with Gasteiger partial charge in [-0.2, -0.15) is 0 Å². The summed E-state index contributed by atoms with van der Waals surface area (Å²) in [5, 5.41) is 0. The smallest absolute Gasteiger partial charge is 0.230 e. The third-order valence-electron chi connectivity index (χ3n) is 4.63. The topological polar surface area (TPSA) is 37.4 Å². The van der Waals surface area contributed by atoms with E-state index in [4.69, 9.17) is 0 Å². The summed E-state index contributed by atoms with van der Waals surface area (Å²) in [7, 11) is 0. The number of piperidine rings is 1. The first-order valence-electron chi connectivity index (χ1n) is 7.49. The van der Waals surface area contributed by atoms with Crippen molar-refractivity contribution in [1.82, 2.24) is 4.90 Å². The first-order valence-corrected chi connectivity index (χ1v) is 7.49. The van der Waals surface area contributed by atoms with E-state index in [2.05, 4.69) is 6.92 Å². The van der Waals surface area contributed by atoms with Crippen LogP contribution >= 0.6 is 0 Å². The summed E-state index contributed by atoms with van der Waals surface area (Å²) in [4.78, 5) is 26.9. The van der Waals surface area contributed by atoms with Gasteiger partial charge in [0.15, 0.2) is 5.78 Å². The number of carbonyl (C=O) groups is 2. The van der Waals surface area contributed by atoms with Gasteiger partial charge in [0.1, 0.15) is 0 Å². The average molecular weight is 271 g/mol. The molecule has 0 radical (unpaired) electrons. The van der Waals surface area contributed by atoms with Crippen molar-refractivity contribution in [2.45, 2.75) is 39.0 Å². The Balaban J connectivity index is 1.89. The zero-order valence-electron chi connectivity index (χ0n) is 12.2. The summed E-state index contributed by atoms with van der Waals surface area (Å²) in [6, 6.07) is 5.76. The van der Waals surface area contributed by atoms with Crippen molar-refractivity contribution in [1.29, 1.82) is 0 Å². The zero-order chi connectivity index (χ0) is 14.3. The molecule has 0 spiro atoms. The Bertz CT molecular complexity index is 564. The van der Waals surface area contributed by atoms with Crippen molar-refractivity contribution in [2.24, 2.45) is 5.92 Å². The Kier molecular flexibility index (Phi) is 3.36. The first-order chi connectivity index (χ1) is 9.58. The second-order valence-corrected chi connectivity index (χ2v) is 6.25. The van der Waals surface area contributed by atoms with E-state index in [-0.39, 0.29) is 17.6 Å². The molecule has 0 bridgehead atoms. The molecule has 1 aromatic rings. The lowest BCUT2D eigenvalue weighted by molar-refractivity contribution is -0.134. The van der Waals surface area contributed by atoms with Gasteiger partial charge < -0.3 is 4.90 Å². The number of amides is 1. The minimum atomic E-state index is -0.246. The summed E-state index contributed by atoms with van der Waals surface area (Å²) in [6.07, 6.45) is 2.63. The van der Waals surface area contributed by atoms with Gasteiger partial charge in [0.2, 0.25) is 5.91 Å². The number of likely N-dealkylation sites (tertiary alicyclic amines) is 1. The van der Waals surface area contributed by atoms with Crippen LogP contribution in [0.4, 0.5) is 0 Å². The molecule has 3 heteroatoms. The number of aryl methyl sites for hydroxylation is 1. The third kappa shape index (κ3) is 2.15. The number of rotatable bonds is 1. The predicted octanol–water partition coefficient (Wildman–Crippen LogP) is 2.92. The van der Waals surface area contributed by atoms with E-state index < -0.39 is 0 Å². The van der Waals surface area contributed by atoms with E-state index in [1.807, 2.05) is 30.0 Å². The van der Waals surface area contributed by atoms with Gasteiger partial charge in [0, 0.05) is 25.1 Å². The van der Waals surface area contributed by atoms with Crippen LogP contribution in [0.3, 0.4) is 0 Å². The minimum absolute atomic E-state index is 0.118. The Morgan fingerprint density at radius 3 is 2.90 bits per heavy atom. The van der Waals surface area contributed by atoms with Crippen LogP contribution in [0.5, 0.6) is 0 Å². The van der Waals surface area contributed by atoms with Gasteiger partial charge >= 0.3 is 0 Å². The fourth-order valence-corrected chi connectivity index (χ4v) is 3.60. The largest absolute Gasteiger partial charge is 0.342 e. The van der Waals surface area contributed by atoms with Gasteiger partial charge in [-0.25, -0.2) is 0 Å². The predicted molar refractivity (Wildman–Crippen MR) is 77.8 cm³/mol. The molecular weight excluding hydrogens is 250 g/mol. The molecule has 2 unspecified atom stereocenters. The summed E-state index contributed by atoms with van der Waals surface area (Å²) in [5.74, 6) is 0.593. The van der Waals surface area contributed by atoms with Crippen LogP contribution in [0.25, 0.3) is 0 Å². The molecule has 1 heterocycles. The summed E-state index contributed by atoms with van der Waals surface area (Å²) < 4.78 is 0. The highest BCUT2D eigenvalue weighted by molar-refractivity contribution is 6.07. The second-order valence-electron chi connectivity index (χ2n) is 6.25. The van der Waals surface area contributed by atoms with Gasteiger partial charge in [0.25, 0.3) is 0 Å². The quantitative estimate of drug-likeness (QED) is 0.787. The van der Waals surface area contributed by atoms with E-state index in [9.17, 15) is 9.59 Å². The molecule has 1 fully saturated rings. The van der Waals surface area contributed by atoms with Crippen LogP contribution in [0.1, 0.15) is 53.6 Å². The van der Waals surface area contributed by atoms with Crippen molar-refractivity contribution in [2.75, 3.05) is 13.1 Å². The van der Waals surface area contributed by atoms with Gasteiger partial charge in [-0.15, -0.1) is 0 Å². The molecule has 0 saturated carbocycles. The van der Waals surface area contributed by atoms with E-state index in [1.165, 1.54) is 6.42 Å². The fourth-order valence-electron chi connectivity index (χ4n) is 3.60. The number of benzene rings is 1.